The number of carbonyl (C=O) groups is 6. The maximum Gasteiger partial charge on any atom is 0.274 e. The molecule has 0 aromatic carbocycles. The second kappa shape index (κ2) is 29.1. The third kappa shape index (κ3) is 21.0. The summed E-state index contributed by atoms with van der Waals surface area (Å²) in [5.41, 5.74) is 44.7. The Hall–Kier alpha value is -6.12. The highest BCUT2D eigenvalue weighted by Crippen LogP contribution is 2.15. The molecule has 0 saturated heterocycles. The van der Waals surface area contributed by atoms with Gasteiger partial charge in [0, 0.05) is 39.3 Å². The molecule has 0 aliphatic heterocycles. The Balaban J connectivity index is 2.87. The lowest BCUT2D eigenvalue weighted by molar-refractivity contribution is -0.124. The van der Waals surface area contributed by atoms with E-state index in [4.69, 9.17) is 56.7 Å². The largest absolute Gasteiger partial charge is 0.382 e. The van der Waals surface area contributed by atoms with Crippen LogP contribution in [0.4, 0.5) is 11.6 Å². The first kappa shape index (κ1) is 51.9. The van der Waals surface area contributed by atoms with E-state index >= 15 is 0 Å². The van der Waals surface area contributed by atoms with E-state index in [-0.39, 0.29) is 50.9 Å². The lowest BCUT2D eigenvalue weighted by Crippen LogP contribution is -2.50. The fraction of sp³-hybridized carbons (Fsp3) is 0.647. The molecule has 0 radical (unpaired) electrons. The van der Waals surface area contributed by atoms with Crippen LogP contribution in [0, 0.1) is 10.8 Å². The van der Waals surface area contributed by atoms with Gasteiger partial charge in [-0.1, -0.05) is 0 Å². The molecule has 26 nitrogen and oxygen atoms in total. The third-order valence-corrected chi connectivity index (χ3v) is 8.65. The van der Waals surface area contributed by atoms with Crippen molar-refractivity contribution in [1.82, 2.24) is 52.5 Å². The summed E-state index contributed by atoms with van der Waals surface area (Å²) in [5, 5.41) is 35.2. The molecule has 1 aromatic rings. The lowest BCUT2D eigenvalue weighted by atomic mass is 10.1. The number of nitrogens with zero attached hydrogens (tertiary/aromatic N) is 2. The summed E-state index contributed by atoms with van der Waals surface area (Å²) in [5.74, 6) is -5.10. The fourth-order valence-electron chi connectivity index (χ4n) is 5.38. The van der Waals surface area contributed by atoms with Crippen molar-refractivity contribution < 1.29 is 28.8 Å². The number of nitrogens with two attached hydrogens (primary N) is 8. The first-order chi connectivity index (χ1) is 28.5. The van der Waals surface area contributed by atoms with E-state index in [1.807, 2.05) is 0 Å². The number of hydrogen-bond donors (Lipinski definition) is 18. The second-order valence-electron chi connectivity index (χ2n) is 13.7. The number of hydrogen-bond acceptors (Lipinski definition) is 16. The van der Waals surface area contributed by atoms with E-state index in [2.05, 4.69) is 52.5 Å². The molecule has 1 aromatic heterocycles. The van der Waals surface area contributed by atoms with Crippen molar-refractivity contribution >= 4 is 59.0 Å². The molecule has 0 saturated carbocycles. The van der Waals surface area contributed by atoms with Gasteiger partial charge in [0.15, 0.2) is 34.9 Å². The van der Waals surface area contributed by atoms with Gasteiger partial charge in [0.25, 0.3) is 11.8 Å². The number of guanidine groups is 2. The van der Waals surface area contributed by atoms with E-state index < -0.39 is 82.6 Å². The van der Waals surface area contributed by atoms with Crippen molar-refractivity contribution in [3.8, 4) is 0 Å². The van der Waals surface area contributed by atoms with Crippen LogP contribution in [-0.4, -0.2) is 134 Å². The van der Waals surface area contributed by atoms with Gasteiger partial charge in [0.05, 0.1) is 12.1 Å². The molecule has 338 valence electrons. The number of rotatable bonds is 30. The second-order valence-corrected chi connectivity index (χ2v) is 13.7. The van der Waals surface area contributed by atoms with Crippen molar-refractivity contribution in [1.29, 1.82) is 10.8 Å². The Morgan fingerprint density at radius 2 is 0.817 bits per heavy atom. The Morgan fingerprint density at radius 1 is 0.483 bits per heavy atom. The summed E-state index contributed by atoms with van der Waals surface area (Å²) in [4.78, 5) is 85.5. The zero-order valence-electron chi connectivity index (χ0n) is 34.0. The van der Waals surface area contributed by atoms with Crippen molar-refractivity contribution in [2.75, 3.05) is 63.8 Å². The van der Waals surface area contributed by atoms with Crippen LogP contribution < -0.4 is 88.4 Å². The molecule has 0 bridgehead atoms. The molecule has 26 N–H and O–H groups in total. The molecule has 1 heterocycles. The normalized spacial score (nSPS) is 12.7. The first-order valence-electron chi connectivity index (χ1n) is 19.7. The summed E-state index contributed by atoms with van der Waals surface area (Å²) in [6.45, 7) is 1.62. The number of amides is 6. The fourth-order valence-corrected chi connectivity index (χ4v) is 5.38. The van der Waals surface area contributed by atoms with Crippen LogP contribution in [0.5, 0.6) is 0 Å². The quantitative estimate of drug-likeness (QED) is 0.0194. The molecule has 6 amide bonds. The van der Waals surface area contributed by atoms with Crippen LogP contribution in [0.15, 0.2) is 0 Å². The zero-order valence-corrected chi connectivity index (χ0v) is 34.0. The van der Waals surface area contributed by atoms with Gasteiger partial charge in [-0.3, -0.25) is 39.6 Å². The van der Waals surface area contributed by atoms with Crippen molar-refractivity contribution in [2.45, 2.75) is 88.4 Å². The van der Waals surface area contributed by atoms with Gasteiger partial charge >= 0.3 is 0 Å². The van der Waals surface area contributed by atoms with Gasteiger partial charge < -0.3 is 88.4 Å². The first-order valence-corrected chi connectivity index (χ1v) is 19.7. The highest BCUT2D eigenvalue weighted by atomic mass is 16.2. The SMILES string of the molecule is N=C(N)NCCCC(N)C(=O)NCCNC(=O)[C@H](CCCCN)NC(=O)c1nc(N)c(C(=O)NC(CCCCN)C(=O)NCCNC(=O)[C@@H](N)CCCNC(=N)N)nc1N. The maximum atomic E-state index is 13.3. The molecule has 0 fully saturated rings. The monoisotopic (exact) mass is 851 g/mol. The molecule has 2 unspecified atom stereocenters. The van der Waals surface area contributed by atoms with Crippen LogP contribution in [-0.2, 0) is 19.2 Å². The van der Waals surface area contributed by atoms with Gasteiger partial charge in [-0.05, 0) is 77.3 Å². The number of aromatic nitrogens is 2. The molecule has 60 heavy (non-hydrogen) atoms. The van der Waals surface area contributed by atoms with E-state index in [0.717, 1.165) is 0 Å². The lowest BCUT2D eigenvalue weighted by Gasteiger charge is -2.20. The standard InChI is InChI=1S/C34H66N20O6/c35-11-3-1-9-21(29(57)47-17-15-45-27(55)19(37)7-5-13-49-33(41)42)51-31(59)23-25(39)54-24(26(40)53-23)32(60)52-22(10-2-4-12-36)30(58)48-18-16-46-28(56)20(38)8-6-14-50-34(43)44/h19-22H,1-18,35-38H2,(H2,40,53)(H2,39,54)(H,45,55)(H,46,56)(H,47,57)(H,48,58)(H,51,59)(H,52,60)(H4,41,42,49)(H4,43,44,50)/t19-,20?,21?,22-/m0/s1. The Kier molecular flexibility index (Phi) is 25.2. The summed E-state index contributed by atoms with van der Waals surface area (Å²) in [6, 6.07) is -3.75. The number of anilines is 2. The van der Waals surface area contributed by atoms with E-state index in [1.165, 1.54) is 0 Å². The van der Waals surface area contributed by atoms with Crippen molar-refractivity contribution in [3.63, 3.8) is 0 Å². The van der Waals surface area contributed by atoms with Crippen molar-refractivity contribution in [2.24, 2.45) is 34.4 Å². The third-order valence-electron chi connectivity index (χ3n) is 8.65. The Labute approximate surface area is 348 Å². The predicted molar refractivity (Wildman–Crippen MR) is 225 cm³/mol. The van der Waals surface area contributed by atoms with Gasteiger partial charge in [-0.15, -0.1) is 0 Å². The van der Waals surface area contributed by atoms with E-state index in [0.29, 0.717) is 77.5 Å². The van der Waals surface area contributed by atoms with Gasteiger partial charge in [-0.25, -0.2) is 9.97 Å². The minimum absolute atomic E-state index is 0.0185. The van der Waals surface area contributed by atoms with Crippen LogP contribution in [0.2, 0.25) is 0 Å². The van der Waals surface area contributed by atoms with Crippen LogP contribution in [0.1, 0.15) is 85.2 Å². The predicted octanol–water partition coefficient (Wildman–Crippen LogP) is -6.26. The smallest absolute Gasteiger partial charge is 0.274 e. The number of unbranched alkanes of at least 4 members (excludes halogenated alkanes) is 2. The van der Waals surface area contributed by atoms with Crippen molar-refractivity contribution in [3.05, 3.63) is 11.4 Å². The van der Waals surface area contributed by atoms with Crippen LogP contribution >= 0.6 is 0 Å². The highest BCUT2D eigenvalue weighted by Gasteiger charge is 2.28. The molecule has 26 heteroatoms. The number of carbonyl (C=O) groups excluding carboxylic acids is 6. The number of nitrogens with one attached hydrogen (secondary N) is 10. The highest BCUT2D eigenvalue weighted by molar-refractivity contribution is 6.03. The Bertz CT molecular complexity index is 1470. The summed E-state index contributed by atoms with van der Waals surface area (Å²) in [6.07, 6.45) is 4.17. The Morgan fingerprint density at radius 3 is 1.13 bits per heavy atom. The van der Waals surface area contributed by atoms with E-state index in [1.54, 1.807) is 0 Å². The summed E-state index contributed by atoms with van der Waals surface area (Å²) >= 11 is 0. The average molecular weight is 851 g/mol. The molecule has 4 atom stereocenters. The van der Waals surface area contributed by atoms with Gasteiger partial charge in [-0.2, -0.15) is 0 Å². The van der Waals surface area contributed by atoms with E-state index in [9.17, 15) is 28.8 Å². The maximum absolute atomic E-state index is 13.3. The summed E-state index contributed by atoms with van der Waals surface area (Å²) in [7, 11) is 0. The molecule has 0 aliphatic carbocycles. The topological polar surface area (TPSA) is 480 Å². The molecule has 0 spiro atoms. The molecular formula is C34H66N20O6. The summed E-state index contributed by atoms with van der Waals surface area (Å²) < 4.78 is 0. The zero-order chi connectivity index (χ0) is 45.0. The number of nitrogen functional groups attached to an aromatic ring is 2. The minimum atomic E-state index is -1.07. The molecule has 0 aliphatic rings. The van der Waals surface area contributed by atoms with Gasteiger partial charge in [0.2, 0.25) is 23.6 Å². The van der Waals surface area contributed by atoms with Crippen LogP contribution in [0.3, 0.4) is 0 Å². The average Bonchev–Trinajstić information content (AvgIpc) is 3.20. The van der Waals surface area contributed by atoms with Crippen LogP contribution in [0.25, 0.3) is 0 Å². The molecular weight excluding hydrogens is 785 g/mol. The molecule has 1 rings (SSSR count). The van der Waals surface area contributed by atoms with Gasteiger partial charge in [0.1, 0.15) is 12.1 Å². The minimum Gasteiger partial charge on any atom is -0.382 e.